The summed E-state index contributed by atoms with van der Waals surface area (Å²) in [5.41, 5.74) is 1.56. The molecule has 2 amide bonds. The van der Waals surface area contributed by atoms with E-state index in [1.807, 2.05) is 41.8 Å². The molecule has 0 unspecified atom stereocenters. The van der Waals surface area contributed by atoms with Crippen molar-refractivity contribution in [2.24, 2.45) is 13.0 Å². The fourth-order valence-corrected chi connectivity index (χ4v) is 3.55. The lowest BCUT2D eigenvalue weighted by Crippen LogP contribution is -2.44. The van der Waals surface area contributed by atoms with Gasteiger partial charge in [-0.3, -0.25) is 9.59 Å². The van der Waals surface area contributed by atoms with E-state index < -0.39 is 0 Å². The molecule has 30 heavy (non-hydrogen) atoms. The standard InChI is InChI=1S/C23H31N3O4/c1-5-10-25(23(28)18-8-9-20-21(12-18)30-16-29-20)15-22(27)26(13-17(2)3)14-19-7-6-11-24(19)4/h6-9,11-12,17H,5,10,13-16H2,1-4H3. The number of fused-ring (bicyclic) bond motifs is 1. The maximum Gasteiger partial charge on any atom is 0.254 e. The molecule has 0 saturated heterocycles. The number of amides is 2. The Bertz CT molecular complexity index is 890. The Morgan fingerprint density at radius 1 is 1.13 bits per heavy atom. The van der Waals surface area contributed by atoms with Gasteiger partial charge in [-0.2, -0.15) is 0 Å². The average molecular weight is 414 g/mol. The van der Waals surface area contributed by atoms with Gasteiger partial charge in [0, 0.05) is 37.6 Å². The number of nitrogens with zero attached hydrogens (tertiary/aromatic N) is 3. The predicted molar refractivity (Wildman–Crippen MR) is 114 cm³/mol. The van der Waals surface area contributed by atoms with Crippen molar-refractivity contribution in [3.8, 4) is 11.5 Å². The molecule has 1 aromatic carbocycles. The predicted octanol–water partition coefficient (Wildman–Crippen LogP) is 3.29. The SMILES string of the molecule is CCCN(CC(=O)N(Cc1cccn1C)CC(C)C)C(=O)c1ccc2c(c1)OCO2. The minimum absolute atomic E-state index is 0.0487. The molecule has 1 aliphatic rings. The second-order valence-electron chi connectivity index (χ2n) is 8.07. The highest BCUT2D eigenvalue weighted by molar-refractivity contribution is 5.97. The van der Waals surface area contributed by atoms with Crippen molar-refractivity contribution < 1.29 is 19.1 Å². The fraction of sp³-hybridized carbons (Fsp3) is 0.478. The topological polar surface area (TPSA) is 64.0 Å². The summed E-state index contributed by atoms with van der Waals surface area (Å²) in [5, 5.41) is 0. The summed E-state index contributed by atoms with van der Waals surface area (Å²) < 4.78 is 12.7. The minimum Gasteiger partial charge on any atom is -0.454 e. The van der Waals surface area contributed by atoms with E-state index in [1.54, 1.807) is 23.1 Å². The van der Waals surface area contributed by atoms with Crippen LogP contribution in [-0.2, 0) is 18.4 Å². The van der Waals surface area contributed by atoms with E-state index in [1.165, 1.54) is 0 Å². The monoisotopic (exact) mass is 413 g/mol. The van der Waals surface area contributed by atoms with Gasteiger partial charge in [-0.15, -0.1) is 0 Å². The molecule has 1 aliphatic heterocycles. The molecule has 0 fully saturated rings. The summed E-state index contributed by atoms with van der Waals surface area (Å²) in [6.45, 7) is 8.07. The third-order valence-corrected chi connectivity index (χ3v) is 5.07. The van der Waals surface area contributed by atoms with Gasteiger partial charge in [0.25, 0.3) is 5.91 Å². The van der Waals surface area contributed by atoms with Crippen molar-refractivity contribution in [1.29, 1.82) is 0 Å². The number of rotatable bonds is 9. The van der Waals surface area contributed by atoms with E-state index in [2.05, 4.69) is 13.8 Å². The molecular formula is C23H31N3O4. The van der Waals surface area contributed by atoms with Crippen LogP contribution in [-0.4, -0.2) is 52.6 Å². The van der Waals surface area contributed by atoms with E-state index in [9.17, 15) is 9.59 Å². The highest BCUT2D eigenvalue weighted by atomic mass is 16.7. The fourth-order valence-electron chi connectivity index (χ4n) is 3.55. The van der Waals surface area contributed by atoms with Crippen LogP contribution in [0.2, 0.25) is 0 Å². The third-order valence-electron chi connectivity index (χ3n) is 5.07. The second kappa shape index (κ2) is 9.69. The second-order valence-corrected chi connectivity index (χ2v) is 8.07. The number of carbonyl (C=O) groups excluding carboxylic acids is 2. The van der Waals surface area contributed by atoms with Crippen molar-refractivity contribution in [1.82, 2.24) is 14.4 Å². The quantitative estimate of drug-likeness (QED) is 0.633. The van der Waals surface area contributed by atoms with Crippen molar-refractivity contribution in [3.63, 3.8) is 0 Å². The molecule has 7 heteroatoms. The van der Waals surface area contributed by atoms with Gasteiger partial charge in [-0.05, 0) is 42.7 Å². The van der Waals surface area contributed by atoms with Gasteiger partial charge in [0.05, 0.1) is 6.54 Å². The van der Waals surface area contributed by atoms with Crippen LogP contribution in [0.15, 0.2) is 36.5 Å². The summed E-state index contributed by atoms with van der Waals surface area (Å²) in [5.74, 6) is 1.31. The van der Waals surface area contributed by atoms with Crippen molar-refractivity contribution in [2.75, 3.05) is 26.4 Å². The van der Waals surface area contributed by atoms with Gasteiger partial charge in [0.2, 0.25) is 12.7 Å². The van der Waals surface area contributed by atoms with E-state index in [-0.39, 0.29) is 25.2 Å². The zero-order valence-corrected chi connectivity index (χ0v) is 18.3. The van der Waals surface area contributed by atoms with Gasteiger partial charge in [-0.25, -0.2) is 0 Å². The third kappa shape index (κ3) is 5.14. The Balaban J connectivity index is 1.75. The number of benzene rings is 1. The minimum atomic E-state index is -0.174. The number of aromatic nitrogens is 1. The molecule has 162 valence electrons. The lowest BCUT2D eigenvalue weighted by atomic mass is 10.1. The lowest BCUT2D eigenvalue weighted by molar-refractivity contribution is -0.133. The van der Waals surface area contributed by atoms with Crippen LogP contribution in [0.1, 0.15) is 43.2 Å². The maximum atomic E-state index is 13.2. The Morgan fingerprint density at radius 2 is 1.90 bits per heavy atom. The Morgan fingerprint density at radius 3 is 2.57 bits per heavy atom. The molecule has 0 bridgehead atoms. The van der Waals surface area contributed by atoms with Gasteiger partial charge >= 0.3 is 0 Å². The first-order valence-electron chi connectivity index (χ1n) is 10.5. The molecule has 0 atom stereocenters. The highest BCUT2D eigenvalue weighted by Gasteiger charge is 2.24. The van der Waals surface area contributed by atoms with Crippen molar-refractivity contribution >= 4 is 11.8 Å². The van der Waals surface area contributed by atoms with E-state index >= 15 is 0 Å². The van der Waals surface area contributed by atoms with Crippen LogP contribution >= 0.6 is 0 Å². The van der Waals surface area contributed by atoms with Gasteiger partial charge in [-0.1, -0.05) is 20.8 Å². The molecule has 0 radical (unpaired) electrons. The Hall–Kier alpha value is -2.96. The van der Waals surface area contributed by atoms with Crippen LogP contribution in [0.3, 0.4) is 0 Å². The van der Waals surface area contributed by atoms with E-state index in [0.29, 0.717) is 42.6 Å². The first kappa shape index (κ1) is 21.7. The van der Waals surface area contributed by atoms with E-state index in [0.717, 1.165) is 12.1 Å². The summed E-state index contributed by atoms with van der Waals surface area (Å²) >= 11 is 0. The zero-order valence-electron chi connectivity index (χ0n) is 18.3. The Labute approximate surface area is 178 Å². The van der Waals surface area contributed by atoms with Crippen molar-refractivity contribution in [2.45, 2.75) is 33.7 Å². The summed E-state index contributed by atoms with van der Waals surface area (Å²) in [6, 6.07) is 9.14. The molecule has 7 nitrogen and oxygen atoms in total. The molecule has 0 N–H and O–H groups in total. The number of aryl methyl sites for hydroxylation is 1. The molecule has 0 aliphatic carbocycles. The number of carbonyl (C=O) groups is 2. The molecule has 2 aromatic rings. The number of hydrogen-bond donors (Lipinski definition) is 0. The highest BCUT2D eigenvalue weighted by Crippen LogP contribution is 2.32. The first-order valence-corrected chi connectivity index (χ1v) is 10.5. The summed E-state index contributed by atoms with van der Waals surface area (Å²) in [7, 11) is 1.97. The van der Waals surface area contributed by atoms with Crippen molar-refractivity contribution in [3.05, 3.63) is 47.8 Å². The van der Waals surface area contributed by atoms with Crippen LogP contribution < -0.4 is 9.47 Å². The van der Waals surface area contributed by atoms with E-state index in [4.69, 9.17) is 9.47 Å². The molecule has 3 rings (SSSR count). The molecule has 1 aromatic heterocycles. The summed E-state index contributed by atoms with van der Waals surface area (Å²) in [4.78, 5) is 29.8. The average Bonchev–Trinajstić information content (AvgIpc) is 3.34. The molecule has 2 heterocycles. The van der Waals surface area contributed by atoms with Crippen LogP contribution in [0.5, 0.6) is 11.5 Å². The zero-order chi connectivity index (χ0) is 21.7. The van der Waals surface area contributed by atoms with Crippen LogP contribution in [0.4, 0.5) is 0 Å². The summed E-state index contributed by atoms with van der Waals surface area (Å²) in [6.07, 6.45) is 2.74. The Kier molecular flexibility index (Phi) is 7.03. The smallest absolute Gasteiger partial charge is 0.254 e. The number of hydrogen-bond acceptors (Lipinski definition) is 4. The maximum absolute atomic E-state index is 13.2. The largest absolute Gasteiger partial charge is 0.454 e. The molecular weight excluding hydrogens is 382 g/mol. The van der Waals surface area contributed by atoms with Crippen LogP contribution in [0.25, 0.3) is 0 Å². The normalized spacial score (nSPS) is 12.3. The van der Waals surface area contributed by atoms with Gasteiger partial charge < -0.3 is 23.8 Å². The number of ether oxygens (including phenoxy) is 2. The van der Waals surface area contributed by atoms with Gasteiger partial charge in [0.1, 0.15) is 6.54 Å². The van der Waals surface area contributed by atoms with Gasteiger partial charge in [0.15, 0.2) is 11.5 Å². The lowest BCUT2D eigenvalue weighted by Gasteiger charge is -2.29. The molecule has 0 saturated carbocycles. The van der Waals surface area contributed by atoms with Crippen LogP contribution in [0, 0.1) is 5.92 Å². The first-order chi connectivity index (χ1) is 14.4. The molecule has 0 spiro atoms.